The molecular formula is C14H21NOS. The van der Waals surface area contributed by atoms with E-state index in [-0.39, 0.29) is 0 Å². The van der Waals surface area contributed by atoms with Crippen LogP contribution >= 0.6 is 11.8 Å². The van der Waals surface area contributed by atoms with Gasteiger partial charge in [-0.25, -0.2) is 0 Å². The van der Waals surface area contributed by atoms with E-state index >= 15 is 0 Å². The molecule has 0 amide bonds. The van der Waals surface area contributed by atoms with E-state index in [1.54, 1.807) is 0 Å². The predicted octanol–water partition coefficient (Wildman–Crippen LogP) is 2.79. The van der Waals surface area contributed by atoms with Crippen molar-refractivity contribution in [1.82, 2.24) is 5.32 Å². The Bertz CT molecular complexity index is 298. The van der Waals surface area contributed by atoms with E-state index in [0.717, 1.165) is 38.0 Å². The van der Waals surface area contributed by atoms with Gasteiger partial charge in [-0.2, -0.15) is 0 Å². The van der Waals surface area contributed by atoms with Gasteiger partial charge in [-0.15, -0.1) is 11.8 Å². The summed E-state index contributed by atoms with van der Waals surface area (Å²) in [6, 6.07) is 10.6. The molecule has 2 nitrogen and oxygen atoms in total. The van der Waals surface area contributed by atoms with Crippen molar-refractivity contribution >= 4 is 11.8 Å². The number of hydrogen-bond acceptors (Lipinski definition) is 3. The topological polar surface area (TPSA) is 21.3 Å². The van der Waals surface area contributed by atoms with Crippen molar-refractivity contribution in [1.29, 1.82) is 0 Å². The van der Waals surface area contributed by atoms with Crippen LogP contribution in [-0.2, 0) is 4.74 Å². The van der Waals surface area contributed by atoms with E-state index in [4.69, 9.17) is 4.74 Å². The first-order valence-electron chi connectivity index (χ1n) is 6.41. The molecule has 0 aliphatic carbocycles. The van der Waals surface area contributed by atoms with Gasteiger partial charge in [0.25, 0.3) is 0 Å². The summed E-state index contributed by atoms with van der Waals surface area (Å²) in [5.41, 5.74) is 0. The van der Waals surface area contributed by atoms with Gasteiger partial charge in [0.05, 0.1) is 0 Å². The molecule has 1 unspecified atom stereocenters. The molecule has 2 rings (SSSR count). The lowest BCUT2D eigenvalue weighted by molar-refractivity contribution is 0.184. The molecule has 3 heteroatoms. The van der Waals surface area contributed by atoms with Gasteiger partial charge in [-0.3, -0.25) is 0 Å². The fraction of sp³-hybridized carbons (Fsp3) is 0.571. The molecule has 1 aromatic rings. The molecule has 1 fully saturated rings. The third kappa shape index (κ3) is 5.11. The highest BCUT2D eigenvalue weighted by Gasteiger charge is 2.14. The van der Waals surface area contributed by atoms with Gasteiger partial charge in [-0.1, -0.05) is 18.2 Å². The number of rotatable bonds is 7. The summed E-state index contributed by atoms with van der Waals surface area (Å²) < 4.78 is 5.36. The zero-order valence-corrected chi connectivity index (χ0v) is 11.0. The second-order valence-corrected chi connectivity index (χ2v) is 5.60. The normalized spacial score (nSPS) is 19.6. The second-order valence-electron chi connectivity index (χ2n) is 4.43. The van der Waals surface area contributed by atoms with E-state index < -0.39 is 0 Å². The van der Waals surface area contributed by atoms with Crippen LogP contribution < -0.4 is 5.32 Å². The number of hydrogen-bond donors (Lipinski definition) is 1. The van der Waals surface area contributed by atoms with Gasteiger partial charge in [0.2, 0.25) is 0 Å². The lowest BCUT2D eigenvalue weighted by Gasteiger charge is -2.08. The number of thioether (sulfide) groups is 1. The highest BCUT2D eigenvalue weighted by Crippen LogP contribution is 2.16. The minimum atomic E-state index is 0.796. The van der Waals surface area contributed by atoms with Crippen molar-refractivity contribution in [2.24, 2.45) is 5.92 Å². The summed E-state index contributed by atoms with van der Waals surface area (Å²) in [5.74, 6) is 1.94. The van der Waals surface area contributed by atoms with Crippen LogP contribution in [0.15, 0.2) is 35.2 Å². The van der Waals surface area contributed by atoms with Gasteiger partial charge in [-0.05, 0) is 37.4 Å². The Hall–Kier alpha value is -0.510. The third-order valence-corrected chi connectivity index (χ3v) is 4.06. The standard InChI is InChI=1S/C14H21NOS/c1-2-4-14(5-3-1)17-11-9-15-8-6-13-7-10-16-12-13/h1-5,13,15H,6-12H2. The van der Waals surface area contributed by atoms with Crippen LogP contribution in [0.5, 0.6) is 0 Å². The van der Waals surface area contributed by atoms with Crippen molar-refractivity contribution in [3.63, 3.8) is 0 Å². The molecule has 1 saturated heterocycles. The fourth-order valence-electron chi connectivity index (χ4n) is 2.00. The summed E-state index contributed by atoms with van der Waals surface area (Å²) in [5, 5.41) is 3.51. The molecule has 0 aromatic heterocycles. The first kappa shape index (κ1) is 12.9. The van der Waals surface area contributed by atoms with Gasteiger partial charge < -0.3 is 10.1 Å². The quantitative estimate of drug-likeness (QED) is 0.595. The molecule has 1 heterocycles. The minimum Gasteiger partial charge on any atom is -0.381 e. The van der Waals surface area contributed by atoms with Gasteiger partial charge in [0, 0.05) is 30.4 Å². The van der Waals surface area contributed by atoms with Crippen LogP contribution in [0.4, 0.5) is 0 Å². The third-order valence-electron chi connectivity index (χ3n) is 3.04. The van der Waals surface area contributed by atoms with Gasteiger partial charge in [0.1, 0.15) is 0 Å². The molecular weight excluding hydrogens is 230 g/mol. The summed E-state index contributed by atoms with van der Waals surface area (Å²) in [7, 11) is 0. The summed E-state index contributed by atoms with van der Waals surface area (Å²) in [4.78, 5) is 1.36. The molecule has 0 radical (unpaired) electrons. The second kappa shape index (κ2) is 7.75. The van der Waals surface area contributed by atoms with E-state index in [1.807, 2.05) is 11.8 Å². The summed E-state index contributed by atoms with van der Waals surface area (Å²) in [6.45, 7) is 4.16. The number of nitrogens with one attached hydrogen (secondary N) is 1. The molecule has 1 atom stereocenters. The zero-order chi connectivity index (χ0) is 11.8. The Morgan fingerprint density at radius 1 is 1.24 bits per heavy atom. The van der Waals surface area contributed by atoms with Crippen LogP contribution in [0.1, 0.15) is 12.8 Å². The van der Waals surface area contributed by atoms with E-state index in [1.165, 1.54) is 17.7 Å². The molecule has 0 saturated carbocycles. The van der Waals surface area contributed by atoms with E-state index in [2.05, 4.69) is 35.6 Å². The van der Waals surface area contributed by atoms with Crippen LogP contribution in [0.25, 0.3) is 0 Å². The number of benzene rings is 1. The SMILES string of the molecule is c1ccc(SCCNCCC2CCOC2)cc1. The summed E-state index contributed by atoms with van der Waals surface area (Å²) >= 11 is 1.92. The molecule has 1 aliphatic heterocycles. The molecule has 1 N–H and O–H groups in total. The highest BCUT2D eigenvalue weighted by molar-refractivity contribution is 7.99. The molecule has 94 valence electrons. The Morgan fingerprint density at radius 2 is 2.12 bits per heavy atom. The smallest absolute Gasteiger partial charge is 0.0495 e. The molecule has 1 aliphatic rings. The highest BCUT2D eigenvalue weighted by atomic mass is 32.2. The largest absolute Gasteiger partial charge is 0.381 e. The van der Waals surface area contributed by atoms with Crippen LogP contribution in [0, 0.1) is 5.92 Å². The Balaban J connectivity index is 1.46. The maximum absolute atomic E-state index is 5.36. The zero-order valence-electron chi connectivity index (χ0n) is 10.2. The maximum atomic E-state index is 5.36. The van der Waals surface area contributed by atoms with Crippen LogP contribution in [-0.4, -0.2) is 32.1 Å². The van der Waals surface area contributed by atoms with Crippen molar-refractivity contribution in [3.8, 4) is 0 Å². The van der Waals surface area contributed by atoms with Gasteiger partial charge in [0.15, 0.2) is 0 Å². The maximum Gasteiger partial charge on any atom is 0.0495 e. The average Bonchev–Trinajstić information content (AvgIpc) is 2.88. The molecule has 17 heavy (non-hydrogen) atoms. The Kier molecular flexibility index (Phi) is 5.89. The first-order chi connectivity index (χ1) is 8.45. The van der Waals surface area contributed by atoms with Crippen molar-refractivity contribution in [2.45, 2.75) is 17.7 Å². The summed E-state index contributed by atoms with van der Waals surface area (Å²) in [6.07, 6.45) is 2.51. The van der Waals surface area contributed by atoms with Crippen molar-refractivity contribution in [3.05, 3.63) is 30.3 Å². The minimum absolute atomic E-state index is 0.796. The first-order valence-corrected chi connectivity index (χ1v) is 7.40. The average molecular weight is 251 g/mol. The predicted molar refractivity (Wildman–Crippen MR) is 73.6 cm³/mol. The lowest BCUT2D eigenvalue weighted by atomic mass is 10.1. The van der Waals surface area contributed by atoms with Crippen LogP contribution in [0.2, 0.25) is 0 Å². The van der Waals surface area contributed by atoms with Crippen molar-refractivity contribution < 1.29 is 4.74 Å². The lowest BCUT2D eigenvalue weighted by Crippen LogP contribution is -2.20. The Morgan fingerprint density at radius 3 is 2.88 bits per heavy atom. The number of ether oxygens (including phenoxy) is 1. The molecule has 0 bridgehead atoms. The van der Waals surface area contributed by atoms with E-state index in [9.17, 15) is 0 Å². The monoisotopic (exact) mass is 251 g/mol. The van der Waals surface area contributed by atoms with Crippen molar-refractivity contribution in [2.75, 3.05) is 32.1 Å². The fourth-order valence-corrected chi connectivity index (χ4v) is 2.83. The molecule has 1 aromatic carbocycles. The Labute approximate surface area is 108 Å². The molecule has 0 spiro atoms. The van der Waals surface area contributed by atoms with Gasteiger partial charge >= 0.3 is 0 Å². The van der Waals surface area contributed by atoms with Crippen LogP contribution in [0.3, 0.4) is 0 Å². The van der Waals surface area contributed by atoms with E-state index in [0.29, 0.717) is 0 Å².